The van der Waals surface area contributed by atoms with Crippen molar-refractivity contribution in [1.29, 1.82) is 0 Å². The van der Waals surface area contributed by atoms with Gasteiger partial charge in [0.25, 0.3) is 5.91 Å². The number of nitrogens with two attached hydrogens (primary N) is 1. The fraction of sp³-hybridized carbons (Fsp3) is 0.500. The molecule has 2 rings (SSSR count). The Labute approximate surface area is 125 Å². The number of aryl methyl sites for hydroxylation is 1. The molecule has 1 heterocycles. The zero-order valence-corrected chi connectivity index (χ0v) is 12.4. The van der Waals surface area contributed by atoms with Crippen LogP contribution in [-0.2, 0) is 9.53 Å². The van der Waals surface area contributed by atoms with Gasteiger partial charge in [-0.1, -0.05) is 25.0 Å². The summed E-state index contributed by atoms with van der Waals surface area (Å²) in [7, 11) is 0. The van der Waals surface area contributed by atoms with E-state index in [-0.39, 0.29) is 12.5 Å². The molecule has 0 saturated carbocycles. The fourth-order valence-electron chi connectivity index (χ4n) is 2.58. The number of hydrogen-bond acceptors (Lipinski definition) is 4. The molecule has 1 aromatic rings. The van der Waals surface area contributed by atoms with Crippen LogP contribution in [0.4, 0.5) is 5.69 Å². The fourth-order valence-corrected chi connectivity index (χ4v) is 2.58. The number of likely N-dealkylation sites (tertiary alicyclic amines) is 1. The molecule has 114 valence electrons. The third kappa shape index (κ3) is 3.97. The minimum atomic E-state index is -0.534. The van der Waals surface area contributed by atoms with Gasteiger partial charge in [-0.05, 0) is 31.4 Å². The van der Waals surface area contributed by atoms with E-state index in [2.05, 4.69) is 0 Å². The first-order chi connectivity index (χ1) is 10.1. The molecule has 0 spiro atoms. The van der Waals surface area contributed by atoms with E-state index in [0.717, 1.165) is 44.3 Å². The highest BCUT2D eigenvalue weighted by molar-refractivity contribution is 5.97. The maximum absolute atomic E-state index is 12.1. The Kier molecular flexibility index (Phi) is 5.20. The summed E-state index contributed by atoms with van der Waals surface area (Å²) in [5.41, 5.74) is 7.27. The standard InChI is InChI=1S/C16H22N2O3/c1-12-7-6-8-13(17)15(12)16(20)21-11-14(19)18-9-4-2-3-5-10-18/h6-8H,2-5,9-11,17H2,1H3. The van der Waals surface area contributed by atoms with Gasteiger partial charge in [-0.3, -0.25) is 4.79 Å². The normalized spacial score (nSPS) is 15.4. The van der Waals surface area contributed by atoms with E-state index in [1.165, 1.54) is 0 Å². The van der Waals surface area contributed by atoms with Crippen molar-refractivity contribution >= 4 is 17.6 Å². The number of carbonyl (C=O) groups excluding carboxylic acids is 2. The van der Waals surface area contributed by atoms with Crippen LogP contribution in [0.2, 0.25) is 0 Å². The van der Waals surface area contributed by atoms with Crippen LogP contribution in [-0.4, -0.2) is 36.5 Å². The topological polar surface area (TPSA) is 72.6 Å². The lowest BCUT2D eigenvalue weighted by molar-refractivity contribution is -0.134. The van der Waals surface area contributed by atoms with Crippen molar-refractivity contribution in [2.24, 2.45) is 0 Å². The van der Waals surface area contributed by atoms with Crippen molar-refractivity contribution < 1.29 is 14.3 Å². The van der Waals surface area contributed by atoms with Gasteiger partial charge in [0, 0.05) is 18.8 Å². The molecule has 1 fully saturated rings. The Morgan fingerprint density at radius 2 is 1.86 bits per heavy atom. The molecule has 5 heteroatoms. The van der Waals surface area contributed by atoms with Crippen molar-refractivity contribution in [3.63, 3.8) is 0 Å². The Balaban J connectivity index is 1.93. The van der Waals surface area contributed by atoms with Crippen LogP contribution in [0.25, 0.3) is 0 Å². The van der Waals surface area contributed by atoms with Gasteiger partial charge in [-0.2, -0.15) is 0 Å². The van der Waals surface area contributed by atoms with E-state index in [4.69, 9.17) is 10.5 Å². The molecule has 5 nitrogen and oxygen atoms in total. The molecular weight excluding hydrogens is 268 g/mol. The van der Waals surface area contributed by atoms with Crippen molar-refractivity contribution in [2.75, 3.05) is 25.4 Å². The van der Waals surface area contributed by atoms with Gasteiger partial charge in [0.05, 0.1) is 5.56 Å². The summed E-state index contributed by atoms with van der Waals surface area (Å²) >= 11 is 0. The van der Waals surface area contributed by atoms with Gasteiger partial charge < -0.3 is 15.4 Å². The quantitative estimate of drug-likeness (QED) is 0.683. The molecule has 1 aliphatic rings. The van der Waals surface area contributed by atoms with Crippen LogP contribution in [0.5, 0.6) is 0 Å². The summed E-state index contributed by atoms with van der Waals surface area (Å²) in [4.78, 5) is 25.9. The average Bonchev–Trinajstić information content (AvgIpc) is 2.73. The summed E-state index contributed by atoms with van der Waals surface area (Å²) in [6.07, 6.45) is 4.35. The van der Waals surface area contributed by atoms with Crippen molar-refractivity contribution in [3.05, 3.63) is 29.3 Å². The number of esters is 1. The van der Waals surface area contributed by atoms with Crippen LogP contribution in [0.1, 0.15) is 41.6 Å². The molecule has 0 radical (unpaired) electrons. The van der Waals surface area contributed by atoms with Gasteiger partial charge in [-0.15, -0.1) is 0 Å². The molecule has 0 aromatic heterocycles. The number of hydrogen-bond donors (Lipinski definition) is 1. The lowest BCUT2D eigenvalue weighted by Gasteiger charge is -2.20. The van der Waals surface area contributed by atoms with Crippen LogP contribution >= 0.6 is 0 Å². The van der Waals surface area contributed by atoms with Gasteiger partial charge in [0.2, 0.25) is 0 Å². The summed E-state index contributed by atoms with van der Waals surface area (Å²) in [5.74, 6) is -0.661. The first-order valence-electron chi connectivity index (χ1n) is 7.39. The highest BCUT2D eigenvalue weighted by atomic mass is 16.5. The molecule has 1 amide bonds. The Morgan fingerprint density at radius 3 is 2.48 bits per heavy atom. The highest BCUT2D eigenvalue weighted by Gasteiger charge is 2.19. The van der Waals surface area contributed by atoms with E-state index in [0.29, 0.717) is 11.3 Å². The minimum absolute atomic E-state index is 0.127. The predicted molar refractivity (Wildman–Crippen MR) is 80.9 cm³/mol. The molecule has 21 heavy (non-hydrogen) atoms. The highest BCUT2D eigenvalue weighted by Crippen LogP contribution is 2.17. The monoisotopic (exact) mass is 290 g/mol. The van der Waals surface area contributed by atoms with Gasteiger partial charge in [-0.25, -0.2) is 4.79 Å². The Morgan fingerprint density at radius 1 is 1.19 bits per heavy atom. The summed E-state index contributed by atoms with van der Waals surface area (Å²) in [5, 5.41) is 0. The third-order valence-corrected chi connectivity index (χ3v) is 3.79. The van der Waals surface area contributed by atoms with Crippen LogP contribution in [0, 0.1) is 6.92 Å². The SMILES string of the molecule is Cc1cccc(N)c1C(=O)OCC(=O)N1CCCCCC1. The number of benzene rings is 1. The number of nitrogen functional groups attached to an aromatic ring is 1. The number of amides is 1. The molecule has 1 aliphatic heterocycles. The summed E-state index contributed by atoms with van der Waals surface area (Å²) in [6.45, 7) is 3.09. The number of ether oxygens (including phenoxy) is 1. The van der Waals surface area contributed by atoms with Gasteiger partial charge in [0.1, 0.15) is 0 Å². The van der Waals surface area contributed by atoms with E-state index in [9.17, 15) is 9.59 Å². The lowest BCUT2D eigenvalue weighted by Crippen LogP contribution is -2.35. The lowest BCUT2D eigenvalue weighted by atomic mass is 10.1. The Bertz CT molecular complexity index is 500. The zero-order chi connectivity index (χ0) is 15.2. The number of rotatable bonds is 3. The van der Waals surface area contributed by atoms with Crippen molar-refractivity contribution in [1.82, 2.24) is 4.90 Å². The van der Waals surface area contributed by atoms with Crippen molar-refractivity contribution in [2.45, 2.75) is 32.6 Å². The summed E-state index contributed by atoms with van der Waals surface area (Å²) in [6, 6.07) is 5.23. The summed E-state index contributed by atoms with van der Waals surface area (Å²) < 4.78 is 5.14. The number of nitrogens with zero attached hydrogens (tertiary/aromatic N) is 1. The van der Waals surface area contributed by atoms with Crippen LogP contribution in [0.3, 0.4) is 0 Å². The van der Waals surface area contributed by atoms with Gasteiger partial charge in [0.15, 0.2) is 6.61 Å². The minimum Gasteiger partial charge on any atom is -0.452 e. The van der Waals surface area contributed by atoms with Gasteiger partial charge >= 0.3 is 5.97 Å². The third-order valence-electron chi connectivity index (χ3n) is 3.79. The molecule has 0 unspecified atom stereocenters. The predicted octanol–water partition coefficient (Wildman–Crippen LogP) is 2.14. The first kappa shape index (κ1) is 15.4. The second-order valence-electron chi connectivity index (χ2n) is 5.41. The maximum Gasteiger partial charge on any atom is 0.341 e. The molecule has 2 N–H and O–H groups in total. The number of carbonyl (C=O) groups is 2. The van der Waals surface area contributed by atoms with E-state index in [1.54, 1.807) is 30.0 Å². The maximum atomic E-state index is 12.1. The first-order valence-corrected chi connectivity index (χ1v) is 7.39. The van der Waals surface area contributed by atoms with Crippen molar-refractivity contribution in [3.8, 4) is 0 Å². The van der Waals surface area contributed by atoms with E-state index in [1.807, 2.05) is 0 Å². The second kappa shape index (κ2) is 7.11. The molecule has 1 aromatic carbocycles. The number of anilines is 1. The molecule has 1 saturated heterocycles. The molecular formula is C16H22N2O3. The second-order valence-corrected chi connectivity index (χ2v) is 5.41. The van der Waals surface area contributed by atoms with E-state index >= 15 is 0 Å². The zero-order valence-electron chi connectivity index (χ0n) is 12.4. The van der Waals surface area contributed by atoms with Crippen LogP contribution < -0.4 is 5.73 Å². The van der Waals surface area contributed by atoms with Crippen LogP contribution in [0.15, 0.2) is 18.2 Å². The average molecular weight is 290 g/mol. The van der Waals surface area contributed by atoms with E-state index < -0.39 is 5.97 Å². The molecule has 0 bridgehead atoms. The smallest absolute Gasteiger partial charge is 0.341 e. The molecule has 0 atom stereocenters. The largest absolute Gasteiger partial charge is 0.452 e. The Hall–Kier alpha value is -2.04. The molecule has 0 aliphatic carbocycles.